The van der Waals surface area contributed by atoms with Gasteiger partial charge in [-0.15, -0.1) is 0 Å². The first-order valence-electron chi connectivity index (χ1n) is 5.34. The van der Waals surface area contributed by atoms with Gasteiger partial charge in [0.05, 0.1) is 20.4 Å². The quantitative estimate of drug-likeness (QED) is 0.839. The summed E-state index contributed by atoms with van der Waals surface area (Å²) in [4.78, 5) is 4.11. The lowest BCUT2D eigenvalue weighted by molar-refractivity contribution is 0.372. The molecule has 2 N–H and O–H groups in total. The SMILES string of the molecule is COc1ccc(Oc2cc(N)ccc2OC)nc1. The van der Waals surface area contributed by atoms with Crippen molar-refractivity contribution in [2.45, 2.75) is 0 Å². The Hall–Kier alpha value is -2.43. The van der Waals surface area contributed by atoms with E-state index in [0.717, 1.165) is 0 Å². The van der Waals surface area contributed by atoms with Crippen molar-refractivity contribution in [3.63, 3.8) is 0 Å². The zero-order valence-electron chi connectivity index (χ0n) is 10.2. The second-order valence-corrected chi connectivity index (χ2v) is 3.55. The van der Waals surface area contributed by atoms with Crippen LogP contribution >= 0.6 is 0 Å². The van der Waals surface area contributed by atoms with Crippen LogP contribution in [0.15, 0.2) is 36.5 Å². The van der Waals surface area contributed by atoms with Crippen molar-refractivity contribution >= 4 is 5.69 Å². The first-order valence-corrected chi connectivity index (χ1v) is 5.34. The van der Waals surface area contributed by atoms with Gasteiger partial charge in [0.25, 0.3) is 0 Å². The van der Waals surface area contributed by atoms with E-state index in [-0.39, 0.29) is 0 Å². The number of methoxy groups -OCH3 is 2. The second-order valence-electron chi connectivity index (χ2n) is 3.55. The van der Waals surface area contributed by atoms with Gasteiger partial charge in [0.15, 0.2) is 11.5 Å². The van der Waals surface area contributed by atoms with Crippen LogP contribution in [-0.4, -0.2) is 19.2 Å². The largest absolute Gasteiger partial charge is 0.495 e. The molecule has 2 rings (SSSR count). The molecule has 2 aromatic rings. The molecule has 5 nitrogen and oxygen atoms in total. The number of aromatic nitrogens is 1. The number of rotatable bonds is 4. The second kappa shape index (κ2) is 5.27. The monoisotopic (exact) mass is 246 g/mol. The van der Waals surface area contributed by atoms with E-state index < -0.39 is 0 Å². The van der Waals surface area contributed by atoms with Crippen molar-refractivity contribution in [3.8, 4) is 23.1 Å². The molecule has 0 spiro atoms. The number of ether oxygens (including phenoxy) is 3. The number of nitrogens with two attached hydrogens (primary N) is 1. The zero-order valence-corrected chi connectivity index (χ0v) is 10.2. The molecular weight excluding hydrogens is 232 g/mol. The number of anilines is 1. The van der Waals surface area contributed by atoms with Crippen molar-refractivity contribution in [1.29, 1.82) is 0 Å². The molecule has 1 aromatic heterocycles. The van der Waals surface area contributed by atoms with Gasteiger partial charge in [-0.05, 0) is 18.2 Å². The molecule has 1 heterocycles. The molecule has 0 saturated heterocycles. The molecule has 18 heavy (non-hydrogen) atoms. The van der Waals surface area contributed by atoms with Gasteiger partial charge in [-0.1, -0.05) is 0 Å². The van der Waals surface area contributed by atoms with Crippen molar-refractivity contribution in [2.75, 3.05) is 20.0 Å². The van der Waals surface area contributed by atoms with E-state index in [1.54, 1.807) is 50.7 Å². The Morgan fingerprint density at radius 1 is 1.00 bits per heavy atom. The molecule has 0 bridgehead atoms. The summed E-state index contributed by atoms with van der Waals surface area (Å²) in [5.41, 5.74) is 6.30. The molecule has 0 saturated carbocycles. The average molecular weight is 246 g/mol. The summed E-state index contributed by atoms with van der Waals surface area (Å²) in [6.45, 7) is 0. The lowest BCUT2D eigenvalue weighted by Crippen LogP contribution is -1.94. The van der Waals surface area contributed by atoms with Crippen molar-refractivity contribution in [1.82, 2.24) is 4.98 Å². The summed E-state index contributed by atoms with van der Waals surface area (Å²) in [5.74, 6) is 2.23. The minimum Gasteiger partial charge on any atom is -0.495 e. The van der Waals surface area contributed by atoms with E-state index in [2.05, 4.69) is 4.98 Å². The summed E-state index contributed by atoms with van der Waals surface area (Å²) in [7, 11) is 3.15. The van der Waals surface area contributed by atoms with Crippen molar-refractivity contribution in [2.24, 2.45) is 0 Å². The number of hydrogen-bond acceptors (Lipinski definition) is 5. The maximum Gasteiger partial charge on any atom is 0.219 e. The van der Waals surface area contributed by atoms with Crippen LogP contribution in [0.1, 0.15) is 0 Å². The van der Waals surface area contributed by atoms with Gasteiger partial charge in [0.2, 0.25) is 5.88 Å². The zero-order chi connectivity index (χ0) is 13.0. The fraction of sp³-hybridized carbons (Fsp3) is 0.154. The van der Waals surface area contributed by atoms with Gasteiger partial charge in [0.1, 0.15) is 5.75 Å². The lowest BCUT2D eigenvalue weighted by Gasteiger charge is -2.10. The van der Waals surface area contributed by atoms with Gasteiger partial charge in [-0.25, -0.2) is 4.98 Å². The van der Waals surface area contributed by atoms with Crippen LogP contribution in [0.2, 0.25) is 0 Å². The van der Waals surface area contributed by atoms with Gasteiger partial charge in [0, 0.05) is 17.8 Å². The smallest absolute Gasteiger partial charge is 0.219 e. The first kappa shape index (κ1) is 12.0. The van der Waals surface area contributed by atoms with Crippen LogP contribution in [0, 0.1) is 0 Å². The fourth-order valence-corrected chi connectivity index (χ4v) is 1.43. The molecule has 0 aliphatic rings. The van der Waals surface area contributed by atoms with Gasteiger partial charge >= 0.3 is 0 Å². The molecule has 0 unspecified atom stereocenters. The molecule has 0 fully saturated rings. The average Bonchev–Trinajstić information content (AvgIpc) is 2.40. The number of nitrogen functional groups attached to an aromatic ring is 1. The number of hydrogen-bond donors (Lipinski definition) is 1. The third kappa shape index (κ3) is 2.63. The molecule has 0 radical (unpaired) electrons. The standard InChI is InChI=1S/C13H14N2O3/c1-16-10-4-6-13(15-8-10)18-12-7-9(14)3-5-11(12)17-2/h3-8H,14H2,1-2H3. The van der Waals surface area contributed by atoms with Gasteiger partial charge < -0.3 is 19.9 Å². The minimum atomic E-state index is 0.444. The lowest BCUT2D eigenvalue weighted by atomic mass is 10.3. The molecule has 5 heteroatoms. The van der Waals surface area contributed by atoms with Crippen LogP contribution in [0.5, 0.6) is 23.1 Å². The van der Waals surface area contributed by atoms with Crippen molar-refractivity contribution < 1.29 is 14.2 Å². The highest BCUT2D eigenvalue weighted by Gasteiger charge is 2.07. The molecule has 0 aliphatic heterocycles. The Bertz CT molecular complexity index is 526. The van der Waals surface area contributed by atoms with Crippen molar-refractivity contribution in [3.05, 3.63) is 36.5 Å². The molecule has 0 aliphatic carbocycles. The predicted molar refractivity (Wildman–Crippen MR) is 68.3 cm³/mol. The third-order valence-corrected chi connectivity index (χ3v) is 2.35. The fourth-order valence-electron chi connectivity index (χ4n) is 1.43. The number of pyridine rings is 1. The van der Waals surface area contributed by atoms with E-state index in [1.165, 1.54) is 0 Å². The molecular formula is C13H14N2O3. The Kier molecular flexibility index (Phi) is 3.52. The third-order valence-electron chi connectivity index (χ3n) is 2.35. The molecule has 0 amide bonds. The Labute approximate surface area is 105 Å². The van der Waals surface area contributed by atoms with Crippen LogP contribution in [0.25, 0.3) is 0 Å². The Morgan fingerprint density at radius 3 is 2.44 bits per heavy atom. The Balaban J connectivity index is 2.24. The summed E-state index contributed by atoms with van der Waals surface area (Å²) < 4.78 is 15.8. The maximum atomic E-state index is 5.71. The highest BCUT2D eigenvalue weighted by atomic mass is 16.5. The number of nitrogens with zero attached hydrogens (tertiary/aromatic N) is 1. The summed E-state index contributed by atoms with van der Waals surface area (Å²) in [6.07, 6.45) is 1.58. The van der Waals surface area contributed by atoms with E-state index in [4.69, 9.17) is 19.9 Å². The summed E-state index contributed by atoms with van der Waals surface area (Å²) >= 11 is 0. The first-order chi connectivity index (χ1) is 8.72. The van der Waals surface area contributed by atoms with E-state index in [9.17, 15) is 0 Å². The highest BCUT2D eigenvalue weighted by molar-refractivity contribution is 5.52. The van der Waals surface area contributed by atoms with Gasteiger partial charge in [-0.3, -0.25) is 0 Å². The summed E-state index contributed by atoms with van der Waals surface area (Å²) in [6, 6.07) is 8.65. The Morgan fingerprint density at radius 2 is 1.83 bits per heavy atom. The molecule has 94 valence electrons. The van der Waals surface area contributed by atoms with Crippen LogP contribution in [-0.2, 0) is 0 Å². The maximum absolute atomic E-state index is 5.71. The van der Waals surface area contributed by atoms with Crippen LogP contribution in [0.4, 0.5) is 5.69 Å². The highest BCUT2D eigenvalue weighted by Crippen LogP contribution is 2.32. The van der Waals surface area contributed by atoms with E-state index in [0.29, 0.717) is 28.8 Å². The predicted octanol–water partition coefficient (Wildman–Crippen LogP) is 2.47. The number of benzene rings is 1. The summed E-state index contributed by atoms with van der Waals surface area (Å²) in [5, 5.41) is 0. The minimum absolute atomic E-state index is 0.444. The topological polar surface area (TPSA) is 66.6 Å². The van der Waals surface area contributed by atoms with Crippen LogP contribution in [0.3, 0.4) is 0 Å². The molecule has 1 aromatic carbocycles. The van der Waals surface area contributed by atoms with Crippen LogP contribution < -0.4 is 19.9 Å². The van der Waals surface area contributed by atoms with Gasteiger partial charge in [-0.2, -0.15) is 0 Å². The molecule has 0 atom stereocenters. The van der Waals surface area contributed by atoms with E-state index in [1.807, 2.05) is 0 Å². The van der Waals surface area contributed by atoms with E-state index >= 15 is 0 Å². The normalized spacial score (nSPS) is 9.89.